The third-order valence-corrected chi connectivity index (χ3v) is 9.56. The lowest BCUT2D eigenvalue weighted by Gasteiger charge is -2.39. The predicted molar refractivity (Wildman–Crippen MR) is 191 cm³/mol. The van der Waals surface area contributed by atoms with Crippen molar-refractivity contribution < 1.29 is 15.0 Å². The van der Waals surface area contributed by atoms with Gasteiger partial charge in [-0.3, -0.25) is 4.79 Å². The molecule has 3 unspecified atom stereocenters. The summed E-state index contributed by atoms with van der Waals surface area (Å²) in [4.78, 5) is 10.5. The summed E-state index contributed by atoms with van der Waals surface area (Å²) in [5, 5.41) is 18.2. The van der Waals surface area contributed by atoms with Crippen LogP contribution >= 0.6 is 0 Å². The number of hydrogen-bond donors (Lipinski definition) is 2. The molecule has 0 amide bonds. The Morgan fingerprint density at radius 3 is 1.57 bits per heavy atom. The van der Waals surface area contributed by atoms with Crippen LogP contribution in [0.3, 0.4) is 0 Å². The van der Waals surface area contributed by atoms with E-state index in [4.69, 9.17) is 5.11 Å². The molecule has 2 rings (SSSR count). The molecule has 0 radical (unpaired) electrons. The summed E-state index contributed by atoms with van der Waals surface area (Å²) in [6.45, 7) is 18.6. The van der Waals surface area contributed by atoms with Crippen LogP contribution in [0.25, 0.3) is 0 Å². The minimum Gasteiger partial charge on any atom is -0.508 e. The summed E-state index contributed by atoms with van der Waals surface area (Å²) in [5.74, 6) is 0.696. The van der Waals surface area contributed by atoms with Crippen molar-refractivity contribution in [2.75, 3.05) is 0 Å². The fourth-order valence-electron chi connectivity index (χ4n) is 6.10. The smallest absolute Gasteiger partial charge is 0.310 e. The Labute approximate surface area is 272 Å². The van der Waals surface area contributed by atoms with E-state index < -0.39 is 11.9 Å². The topological polar surface area (TPSA) is 57.5 Å². The Morgan fingerprint density at radius 2 is 1.11 bits per heavy atom. The van der Waals surface area contributed by atoms with Crippen molar-refractivity contribution in [3.05, 3.63) is 65.7 Å². The zero-order valence-electron chi connectivity index (χ0n) is 29.8. The van der Waals surface area contributed by atoms with E-state index in [2.05, 4.69) is 60.6 Å². The first kappa shape index (κ1) is 39.7. The zero-order chi connectivity index (χ0) is 33.0. The number of carboxylic acid groups (broad SMARTS) is 1. The summed E-state index contributed by atoms with van der Waals surface area (Å²) in [5.41, 5.74) is 2.90. The molecular formula is C41H68O3. The van der Waals surface area contributed by atoms with Gasteiger partial charge in [-0.05, 0) is 78.5 Å². The highest BCUT2D eigenvalue weighted by atomic mass is 16.4. The van der Waals surface area contributed by atoms with Gasteiger partial charge in [0.1, 0.15) is 5.75 Å². The second-order valence-corrected chi connectivity index (χ2v) is 15.4. The second-order valence-electron chi connectivity index (χ2n) is 15.4. The number of benzene rings is 2. The van der Waals surface area contributed by atoms with Crippen LogP contribution in [0.4, 0.5) is 0 Å². The third kappa shape index (κ3) is 17.9. The van der Waals surface area contributed by atoms with Gasteiger partial charge < -0.3 is 10.2 Å². The van der Waals surface area contributed by atoms with Gasteiger partial charge in [-0.25, -0.2) is 0 Å². The molecule has 2 aromatic rings. The molecule has 3 atom stereocenters. The lowest BCUT2D eigenvalue weighted by molar-refractivity contribution is -0.138. The maximum absolute atomic E-state index is 10.5. The molecule has 0 fully saturated rings. The lowest BCUT2D eigenvalue weighted by atomic mass is 9.66. The molecular weight excluding hydrogens is 540 g/mol. The average molecular weight is 609 g/mol. The van der Waals surface area contributed by atoms with Crippen LogP contribution in [0, 0.1) is 22.7 Å². The van der Waals surface area contributed by atoms with Gasteiger partial charge in [0, 0.05) is 0 Å². The number of aryl methyl sites for hydroxylation is 1. The van der Waals surface area contributed by atoms with Crippen LogP contribution in [-0.2, 0) is 11.2 Å². The highest BCUT2D eigenvalue weighted by Gasteiger charge is 2.32. The van der Waals surface area contributed by atoms with E-state index in [9.17, 15) is 9.90 Å². The average Bonchev–Trinajstić information content (AvgIpc) is 2.97. The number of phenolic OH excluding ortho intramolecular Hbond substituents is 1. The van der Waals surface area contributed by atoms with E-state index in [0.717, 1.165) is 23.8 Å². The molecule has 2 aromatic carbocycles. The van der Waals surface area contributed by atoms with Gasteiger partial charge >= 0.3 is 5.97 Å². The first-order valence-electron chi connectivity index (χ1n) is 17.8. The quantitative estimate of drug-likeness (QED) is 0.156. The molecule has 0 aliphatic rings. The first-order chi connectivity index (χ1) is 20.8. The molecule has 3 heteroatoms. The largest absolute Gasteiger partial charge is 0.508 e. The van der Waals surface area contributed by atoms with Crippen molar-refractivity contribution in [2.45, 2.75) is 158 Å². The summed E-state index contributed by atoms with van der Waals surface area (Å²) < 4.78 is 0. The van der Waals surface area contributed by atoms with Crippen LogP contribution in [0.2, 0.25) is 0 Å². The molecule has 3 nitrogen and oxygen atoms in total. The maximum atomic E-state index is 10.5. The Bertz CT molecular complexity index is 981. The Balaban J connectivity index is 0.000000733. The normalized spacial score (nSPS) is 13.9. The first-order valence-corrected chi connectivity index (χ1v) is 17.8. The summed E-state index contributed by atoms with van der Waals surface area (Å²) in [6.07, 6.45) is 20.7. The summed E-state index contributed by atoms with van der Waals surface area (Å²) in [7, 11) is 0. The van der Waals surface area contributed by atoms with Gasteiger partial charge in [0.05, 0.1) is 5.92 Å². The number of unbranched alkanes of at least 4 members (excludes halogenated alkanes) is 10. The van der Waals surface area contributed by atoms with Crippen molar-refractivity contribution in [1.82, 2.24) is 0 Å². The Morgan fingerprint density at radius 1 is 0.659 bits per heavy atom. The standard InChI is InChI=1S/C32H58O.C9H10O2/c1-8-9-10-11-12-13-14-15-16-17-18-19-28(31(2,3)4)26-29(32(5,6)7)23-20-27-21-24-30(33)25-22-27;1-7(9(10)11)8-5-3-2-4-6-8/h21-22,24-25,28-29,33H,8-20,23,26H2,1-7H3;2-7H,1H3,(H,10,11). The number of hydrogen-bond acceptors (Lipinski definition) is 2. The SMILES string of the molecule is CC(C(=O)O)c1ccccc1.CCCCCCCCCCCCCC(CC(CCc1ccc(O)cc1)C(C)(C)C)C(C)(C)C. The molecule has 0 saturated carbocycles. The van der Waals surface area contributed by atoms with E-state index in [0.29, 0.717) is 16.6 Å². The van der Waals surface area contributed by atoms with E-state index in [1.54, 1.807) is 6.92 Å². The van der Waals surface area contributed by atoms with Gasteiger partial charge in [-0.1, -0.05) is 162 Å². The van der Waals surface area contributed by atoms with Crippen molar-refractivity contribution in [3.8, 4) is 5.75 Å². The molecule has 0 bridgehead atoms. The van der Waals surface area contributed by atoms with Gasteiger partial charge in [0.25, 0.3) is 0 Å². The summed E-state index contributed by atoms with van der Waals surface area (Å²) >= 11 is 0. The minimum atomic E-state index is -0.781. The minimum absolute atomic E-state index is 0.331. The molecule has 2 N–H and O–H groups in total. The van der Waals surface area contributed by atoms with Crippen LogP contribution < -0.4 is 0 Å². The highest BCUT2D eigenvalue weighted by molar-refractivity contribution is 5.75. The molecule has 0 spiro atoms. The number of aliphatic carboxylic acids is 1. The van der Waals surface area contributed by atoms with E-state index >= 15 is 0 Å². The van der Waals surface area contributed by atoms with E-state index in [-0.39, 0.29) is 0 Å². The zero-order valence-corrected chi connectivity index (χ0v) is 29.8. The number of phenols is 1. The number of rotatable bonds is 19. The van der Waals surface area contributed by atoms with Gasteiger partial charge in [-0.15, -0.1) is 0 Å². The van der Waals surface area contributed by atoms with Gasteiger partial charge in [-0.2, -0.15) is 0 Å². The van der Waals surface area contributed by atoms with Crippen molar-refractivity contribution in [1.29, 1.82) is 0 Å². The van der Waals surface area contributed by atoms with Crippen LogP contribution in [0.5, 0.6) is 5.75 Å². The van der Waals surface area contributed by atoms with E-state index in [1.807, 2.05) is 42.5 Å². The van der Waals surface area contributed by atoms with Crippen LogP contribution in [-0.4, -0.2) is 16.2 Å². The fourth-order valence-corrected chi connectivity index (χ4v) is 6.10. The molecule has 250 valence electrons. The lowest BCUT2D eigenvalue weighted by Crippen LogP contribution is -2.29. The van der Waals surface area contributed by atoms with E-state index in [1.165, 1.54) is 95.5 Å². The Kier molecular flexibility index (Phi) is 19.4. The molecule has 0 heterocycles. The molecule has 0 saturated heterocycles. The van der Waals surface area contributed by atoms with Crippen LogP contribution in [0.1, 0.15) is 162 Å². The Hall–Kier alpha value is -2.29. The van der Waals surface area contributed by atoms with Crippen molar-refractivity contribution >= 4 is 5.97 Å². The molecule has 0 aliphatic carbocycles. The third-order valence-electron chi connectivity index (χ3n) is 9.56. The van der Waals surface area contributed by atoms with Gasteiger partial charge in [0.15, 0.2) is 0 Å². The summed E-state index contributed by atoms with van der Waals surface area (Å²) in [6, 6.07) is 17.0. The second kappa shape index (κ2) is 21.4. The highest BCUT2D eigenvalue weighted by Crippen LogP contribution is 2.42. The molecule has 0 aromatic heterocycles. The van der Waals surface area contributed by atoms with Crippen LogP contribution in [0.15, 0.2) is 54.6 Å². The predicted octanol–water partition coefficient (Wildman–Crippen LogP) is 12.6. The number of carbonyl (C=O) groups is 1. The molecule has 0 aliphatic heterocycles. The number of carboxylic acids is 1. The fraction of sp³-hybridized carbons (Fsp3) is 0.683. The maximum Gasteiger partial charge on any atom is 0.310 e. The van der Waals surface area contributed by atoms with Crippen molar-refractivity contribution in [2.24, 2.45) is 22.7 Å². The monoisotopic (exact) mass is 609 g/mol. The van der Waals surface area contributed by atoms with Gasteiger partial charge in [0.2, 0.25) is 0 Å². The molecule has 44 heavy (non-hydrogen) atoms. The van der Waals surface area contributed by atoms with Crippen molar-refractivity contribution in [3.63, 3.8) is 0 Å². The number of aromatic hydroxyl groups is 1.